The quantitative estimate of drug-likeness (QED) is 0.778. The Labute approximate surface area is 116 Å². The first kappa shape index (κ1) is 14.5. The highest BCUT2D eigenvalue weighted by molar-refractivity contribution is 7.92. The van der Waals surface area contributed by atoms with Gasteiger partial charge in [0.05, 0.1) is 11.9 Å². The van der Waals surface area contributed by atoms with Gasteiger partial charge in [0.15, 0.2) is 5.03 Å². The van der Waals surface area contributed by atoms with E-state index in [9.17, 15) is 12.8 Å². The summed E-state index contributed by atoms with van der Waals surface area (Å²) >= 11 is 0. The molecular weight excluding hydrogens is 283 g/mol. The summed E-state index contributed by atoms with van der Waals surface area (Å²) < 4.78 is 40.4. The standard InChI is InChI=1S/C12H15FN4O2S/c1-8-10(13)4-3-5-11(8)17-20(18,19)12-9(6-14-2)7-15-16-12/h3-5,7,14,17H,6H2,1-2H3,(H,15,16). The van der Waals surface area contributed by atoms with E-state index in [1.54, 1.807) is 7.05 Å². The van der Waals surface area contributed by atoms with Gasteiger partial charge < -0.3 is 5.32 Å². The molecule has 8 heteroatoms. The minimum absolute atomic E-state index is 0.0319. The second-order valence-corrected chi connectivity index (χ2v) is 5.89. The fraction of sp³-hybridized carbons (Fsp3) is 0.250. The average molecular weight is 298 g/mol. The summed E-state index contributed by atoms with van der Waals surface area (Å²) in [6, 6.07) is 4.22. The van der Waals surface area contributed by atoms with E-state index < -0.39 is 15.8 Å². The molecule has 0 bridgehead atoms. The molecule has 0 spiro atoms. The lowest BCUT2D eigenvalue weighted by Gasteiger charge is -2.10. The van der Waals surface area contributed by atoms with Crippen LogP contribution >= 0.6 is 0 Å². The van der Waals surface area contributed by atoms with Crippen molar-refractivity contribution in [3.8, 4) is 0 Å². The maximum absolute atomic E-state index is 13.4. The van der Waals surface area contributed by atoms with Crippen LogP contribution in [0.15, 0.2) is 29.4 Å². The van der Waals surface area contributed by atoms with Crippen molar-refractivity contribution < 1.29 is 12.8 Å². The number of hydrogen-bond acceptors (Lipinski definition) is 4. The summed E-state index contributed by atoms with van der Waals surface area (Å²) in [6.07, 6.45) is 1.43. The van der Waals surface area contributed by atoms with E-state index in [0.717, 1.165) is 0 Å². The molecule has 0 saturated carbocycles. The average Bonchev–Trinajstić information content (AvgIpc) is 2.84. The van der Waals surface area contributed by atoms with Gasteiger partial charge in [-0.1, -0.05) is 6.07 Å². The van der Waals surface area contributed by atoms with E-state index in [-0.39, 0.29) is 16.3 Å². The van der Waals surface area contributed by atoms with Crippen LogP contribution in [0.1, 0.15) is 11.1 Å². The Bertz CT molecular complexity index is 712. The van der Waals surface area contributed by atoms with Crippen LogP contribution in [0.4, 0.5) is 10.1 Å². The van der Waals surface area contributed by atoms with E-state index >= 15 is 0 Å². The Morgan fingerprint density at radius 2 is 2.15 bits per heavy atom. The highest BCUT2D eigenvalue weighted by atomic mass is 32.2. The topological polar surface area (TPSA) is 86.9 Å². The SMILES string of the molecule is CNCc1cn[nH]c1S(=O)(=O)Nc1cccc(F)c1C. The van der Waals surface area contributed by atoms with Crippen LogP contribution in [0.2, 0.25) is 0 Å². The van der Waals surface area contributed by atoms with Gasteiger partial charge in [0.1, 0.15) is 5.82 Å². The van der Waals surface area contributed by atoms with Crippen molar-refractivity contribution in [1.82, 2.24) is 15.5 Å². The number of H-pyrrole nitrogens is 1. The van der Waals surface area contributed by atoms with Gasteiger partial charge in [-0.05, 0) is 26.1 Å². The molecule has 1 aromatic carbocycles. The van der Waals surface area contributed by atoms with Gasteiger partial charge in [0.25, 0.3) is 10.0 Å². The van der Waals surface area contributed by atoms with Crippen molar-refractivity contribution in [1.29, 1.82) is 0 Å². The van der Waals surface area contributed by atoms with Crippen molar-refractivity contribution in [2.24, 2.45) is 0 Å². The number of anilines is 1. The van der Waals surface area contributed by atoms with Gasteiger partial charge in [0.2, 0.25) is 0 Å². The maximum Gasteiger partial charge on any atom is 0.279 e. The summed E-state index contributed by atoms with van der Waals surface area (Å²) in [5.41, 5.74) is 0.954. The monoisotopic (exact) mass is 298 g/mol. The predicted molar refractivity (Wildman–Crippen MR) is 73.3 cm³/mol. The fourth-order valence-electron chi connectivity index (χ4n) is 1.76. The Kier molecular flexibility index (Phi) is 4.05. The predicted octanol–water partition coefficient (Wildman–Crippen LogP) is 1.38. The third-order valence-corrected chi connectivity index (χ3v) is 4.21. The summed E-state index contributed by atoms with van der Waals surface area (Å²) in [6.45, 7) is 1.86. The van der Waals surface area contributed by atoms with E-state index in [0.29, 0.717) is 12.1 Å². The molecule has 20 heavy (non-hydrogen) atoms. The molecule has 0 aliphatic rings. The first-order chi connectivity index (χ1) is 9.45. The highest BCUT2D eigenvalue weighted by Crippen LogP contribution is 2.22. The minimum Gasteiger partial charge on any atom is -0.316 e. The summed E-state index contributed by atoms with van der Waals surface area (Å²) in [7, 11) is -2.13. The van der Waals surface area contributed by atoms with Crippen molar-refractivity contribution in [3.63, 3.8) is 0 Å². The number of nitrogens with zero attached hydrogens (tertiary/aromatic N) is 1. The zero-order valence-electron chi connectivity index (χ0n) is 11.1. The number of aromatic amines is 1. The van der Waals surface area contributed by atoms with Gasteiger partial charge in [0, 0.05) is 17.7 Å². The second kappa shape index (κ2) is 5.59. The molecule has 0 atom stereocenters. The molecule has 3 N–H and O–H groups in total. The van der Waals surface area contributed by atoms with Gasteiger partial charge in [-0.15, -0.1) is 0 Å². The molecule has 108 valence electrons. The van der Waals surface area contributed by atoms with E-state index in [1.165, 1.54) is 31.3 Å². The molecule has 0 aliphatic heterocycles. The maximum atomic E-state index is 13.4. The molecule has 0 fully saturated rings. The van der Waals surface area contributed by atoms with E-state index in [2.05, 4.69) is 20.2 Å². The number of halogens is 1. The van der Waals surface area contributed by atoms with Crippen LogP contribution in [-0.4, -0.2) is 25.7 Å². The highest BCUT2D eigenvalue weighted by Gasteiger charge is 2.21. The number of aromatic nitrogens is 2. The molecule has 2 aromatic rings. The third kappa shape index (κ3) is 2.81. The number of sulfonamides is 1. The lowest BCUT2D eigenvalue weighted by atomic mass is 10.2. The molecule has 1 heterocycles. The van der Waals surface area contributed by atoms with E-state index in [4.69, 9.17) is 0 Å². The van der Waals surface area contributed by atoms with Crippen molar-refractivity contribution in [2.75, 3.05) is 11.8 Å². The third-order valence-electron chi connectivity index (χ3n) is 2.83. The van der Waals surface area contributed by atoms with Crippen LogP contribution in [0.25, 0.3) is 0 Å². The minimum atomic E-state index is -3.84. The first-order valence-corrected chi connectivity index (χ1v) is 7.39. The van der Waals surface area contributed by atoms with E-state index in [1.807, 2.05) is 0 Å². The summed E-state index contributed by atoms with van der Waals surface area (Å²) in [5, 5.41) is 9.00. The first-order valence-electron chi connectivity index (χ1n) is 5.90. The molecule has 2 rings (SSSR count). The Morgan fingerprint density at radius 1 is 1.40 bits per heavy atom. The molecule has 1 aromatic heterocycles. The number of rotatable bonds is 5. The van der Waals surface area contributed by atoms with Crippen LogP contribution < -0.4 is 10.0 Å². The molecule has 6 nitrogen and oxygen atoms in total. The molecule has 0 radical (unpaired) electrons. The summed E-state index contributed by atoms with van der Waals surface area (Å²) in [5.74, 6) is -0.467. The number of nitrogens with one attached hydrogen (secondary N) is 3. The van der Waals surface area contributed by atoms with Crippen molar-refractivity contribution >= 4 is 15.7 Å². The smallest absolute Gasteiger partial charge is 0.279 e. The Balaban J connectivity index is 2.36. The molecular formula is C12H15FN4O2S. The van der Waals surface area contributed by atoms with Gasteiger partial charge >= 0.3 is 0 Å². The van der Waals surface area contributed by atoms with Crippen molar-refractivity contribution in [2.45, 2.75) is 18.5 Å². The molecule has 0 unspecified atom stereocenters. The fourth-order valence-corrected chi connectivity index (χ4v) is 3.02. The largest absolute Gasteiger partial charge is 0.316 e. The van der Waals surface area contributed by atoms with Gasteiger partial charge in [-0.3, -0.25) is 9.82 Å². The van der Waals surface area contributed by atoms with Gasteiger partial charge in [-0.25, -0.2) is 4.39 Å². The second-order valence-electron chi connectivity index (χ2n) is 4.27. The Morgan fingerprint density at radius 3 is 2.85 bits per heavy atom. The number of benzene rings is 1. The number of hydrogen-bond donors (Lipinski definition) is 3. The van der Waals surface area contributed by atoms with Crippen LogP contribution in [0, 0.1) is 12.7 Å². The van der Waals surface area contributed by atoms with Crippen LogP contribution in [0.3, 0.4) is 0 Å². The van der Waals surface area contributed by atoms with Crippen LogP contribution in [-0.2, 0) is 16.6 Å². The normalized spacial score (nSPS) is 11.6. The van der Waals surface area contributed by atoms with Crippen LogP contribution in [0.5, 0.6) is 0 Å². The molecule has 0 aliphatic carbocycles. The summed E-state index contributed by atoms with van der Waals surface area (Å²) in [4.78, 5) is 0. The zero-order valence-corrected chi connectivity index (χ0v) is 11.9. The van der Waals surface area contributed by atoms with Gasteiger partial charge in [-0.2, -0.15) is 13.5 Å². The molecule has 0 saturated heterocycles. The zero-order chi connectivity index (χ0) is 14.8. The molecule has 0 amide bonds. The lowest BCUT2D eigenvalue weighted by molar-refractivity contribution is 0.594. The van der Waals surface area contributed by atoms with Crippen molar-refractivity contribution in [3.05, 3.63) is 41.3 Å². The Hall–Kier alpha value is -1.93. The lowest BCUT2D eigenvalue weighted by Crippen LogP contribution is -2.17.